The van der Waals surface area contributed by atoms with E-state index in [1.165, 1.54) is 13.8 Å². The third-order valence-electron chi connectivity index (χ3n) is 4.20. The summed E-state index contributed by atoms with van der Waals surface area (Å²) in [7, 11) is 0. The van der Waals surface area contributed by atoms with Crippen molar-refractivity contribution in [3.8, 4) is 0 Å². The quantitative estimate of drug-likeness (QED) is 0.172. The van der Waals surface area contributed by atoms with E-state index in [0.29, 0.717) is 0 Å². The summed E-state index contributed by atoms with van der Waals surface area (Å²) in [6, 6.07) is 0. The van der Waals surface area contributed by atoms with E-state index < -0.39 is 56.8 Å². The molecule has 13 heteroatoms. The molecule has 0 fully saturated rings. The van der Waals surface area contributed by atoms with E-state index in [9.17, 15) is 26.3 Å². The number of ether oxygens (including phenoxy) is 1. The fourth-order valence-corrected chi connectivity index (χ4v) is 5.41. The van der Waals surface area contributed by atoms with Crippen LogP contribution in [0.4, 0.5) is 26.3 Å². The molecule has 0 N–H and O–H groups in total. The maximum atomic E-state index is 12.4. The zero-order valence-electron chi connectivity index (χ0n) is 15.5. The molecule has 29 heavy (non-hydrogen) atoms. The molecular weight excluding hydrogens is 535 g/mol. The summed E-state index contributed by atoms with van der Waals surface area (Å²) >= 11 is 36.7. The third kappa shape index (κ3) is 12.8. The first-order chi connectivity index (χ1) is 12.8. The summed E-state index contributed by atoms with van der Waals surface area (Å²) in [5.74, 6) is -2.01. The normalized spacial score (nSPS) is 18.4. The van der Waals surface area contributed by atoms with Gasteiger partial charge in [0.25, 0.3) is 0 Å². The van der Waals surface area contributed by atoms with Crippen molar-refractivity contribution < 1.29 is 31.1 Å². The maximum Gasteiger partial charge on any atom is 0.389 e. The highest BCUT2D eigenvalue weighted by Gasteiger charge is 2.49. The highest BCUT2D eigenvalue weighted by Crippen LogP contribution is 2.49. The lowest BCUT2D eigenvalue weighted by Crippen LogP contribution is -2.44. The number of alkyl halides is 12. The van der Waals surface area contributed by atoms with Crippen molar-refractivity contribution in [3.05, 3.63) is 0 Å². The highest BCUT2D eigenvalue weighted by molar-refractivity contribution is 6.51. The number of halogens is 12. The van der Waals surface area contributed by atoms with Crippen LogP contribution in [0.25, 0.3) is 0 Å². The van der Waals surface area contributed by atoms with Crippen LogP contribution in [0.1, 0.15) is 52.4 Å². The minimum Gasteiger partial charge on any atom is -0.309 e. The van der Waals surface area contributed by atoms with Crippen molar-refractivity contribution >= 4 is 69.6 Å². The van der Waals surface area contributed by atoms with Crippen LogP contribution in [0.3, 0.4) is 0 Å². The van der Waals surface area contributed by atoms with Crippen LogP contribution in [0.2, 0.25) is 0 Å². The van der Waals surface area contributed by atoms with Crippen molar-refractivity contribution in [2.75, 3.05) is 0 Å². The van der Waals surface area contributed by atoms with Gasteiger partial charge in [-0.15, -0.1) is 23.2 Å². The second kappa shape index (κ2) is 11.9. The van der Waals surface area contributed by atoms with Gasteiger partial charge in [-0.05, 0) is 39.5 Å². The molecule has 0 saturated heterocycles. The van der Waals surface area contributed by atoms with Crippen LogP contribution in [-0.2, 0) is 4.74 Å². The van der Waals surface area contributed by atoms with Gasteiger partial charge in [0.1, 0.15) is 0 Å². The SMILES string of the molecule is CC(Cl)C(CCCC(F)(F)F)C(Cl)(Cl)OC(Cl)(Cl)C(CCCC(F)(F)F)C(C)Cl. The van der Waals surface area contributed by atoms with Crippen LogP contribution in [-0.4, -0.2) is 32.1 Å². The standard InChI is InChI=1S/C16H22Cl6F6O/c1-9(17)11(5-3-7-13(23,24)25)15(19,20)29-16(21,22)12(10(2)18)6-4-8-14(26,27)28/h9-12H,3-8H2,1-2H3. The van der Waals surface area contributed by atoms with Crippen LogP contribution in [0, 0.1) is 11.8 Å². The average molecular weight is 557 g/mol. The number of hydrogen-bond acceptors (Lipinski definition) is 1. The largest absolute Gasteiger partial charge is 0.389 e. The predicted molar refractivity (Wildman–Crippen MR) is 107 cm³/mol. The predicted octanol–water partition coefficient (Wildman–Crippen LogP) is 9.22. The Morgan fingerprint density at radius 3 is 1.14 bits per heavy atom. The molecule has 0 aromatic rings. The molecule has 1 nitrogen and oxygen atoms in total. The molecule has 0 aromatic carbocycles. The number of hydrogen-bond donors (Lipinski definition) is 0. The molecule has 0 heterocycles. The fraction of sp³-hybridized carbons (Fsp3) is 1.00. The Labute approximate surface area is 196 Å². The molecule has 0 amide bonds. The van der Waals surface area contributed by atoms with E-state index in [1.54, 1.807) is 0 Å². The van der Waals surface area contributed by atoms with Gasteiger partial charge in [-0.2, -0.15) is 26.3 Å². The Morgan fingerprint density at radius 2 is 0.931 bits per heavy atom. The molecule has 4 atom stereocenters. The van der Waals surface area contributed by atoms with E-state index in [0.717, 1.165) is 0 Å². The minimum absolute atomic E-state index is 0.157. The molecule has 0 spiro atoms. The molecule has 0 aliphatic rings. The monoisotopic (exact) mass is 554 g/mol. The molecule has 0 bridgehead atoms. The highest BCUT2D eigenvalue weighted by atomic mass is 35.5. The molecule has 0 aromatic heterocycles. The zero-order chi connectivity index (χ0) is 23.3. The van der Waals surface area contributed by atoms with Gasteiger partial charge in [-0.3, -0.25) is 0 Å². The van der Waals surface area contributed by atoms with Gasteiger partial charge in [0.15, 0.2) is 0 Å². The van der Waals surface area contributed by atoms with Crippen molar-refractivity contribution in [3.63, 3.8) is 0 Å². The van der Waals surface area contributed by atoms with Crippen LogP contribution in [0.5, 0.6) is 0 Å². The van der Waals surface area contributed by atoms with Crippen molar-refractivity contribution in [2.45, 2.75) is 84.5 Å². The van der Waals surface area contributed by atoms with E-state index in [-0.39, 0.29) is 25.7 Å². The molecule has 4 unspecified atom stereocenters. The maximum absolute atomic E-state index is 12.4. The summed E-state index contributed by atoms with van der Waals surface area (Å²) in [6.07, 6.45) is -11.9. The lowest BCUT2D eigenvalue weighted by molar-refractivity contribution is -0.137. The Morgan fingerprint density at radius 1 is 0.655 bits per heavy atom. The van der Waals surface area contributed by atoms with E-state index in [2.05, 4.69) is 0 Å². The summed E-state index contributed by atoms with van der Waals surface area (Å²) in [6.45, 7) is 2.91. The van der Waals surface area contributed by atoms with E-state index in [1.807, 2.05) is 0 Å². The van der Waals surface area contributed by atoms with Gasteiger partial charge in [0, 0.05) is 35.4 Å². The Balaban J connectivity index is 5.25. The lowest BCUT2D eigenvalue weighted by Gasteiger charge is -2.40. The molecule has 0 rings (SSSR count). The first-order valence-corrected chi connectivity index (χ1v) is 11.0. The third-order valence-corrected chi connectivity index (χ3v) is 6.23. The molecule has 0 aliphatic carbocycles. The summed E-state index contributed by atoms with van der Waals surface area (Å²) in [5.41, 5.74) is 0. The Kier molecular flexibility index (Phi) is 12.5. The van der Waals surface area contributed by atoms with E-state index in [4.69, 9.17) is 74.3 Å². The Bertz CT molecular complexity index is 440. The lowest BCUT2D eigenvalue weighted by atomic mass is 9.97. The molecule has 0 radical (unpaired) electrons. The summed E-state index contributed by atoms with van der Waals surface area (Å²) < 4.78 is 75.4. The van der Waals surface area contributed by atoms with Gasteiger partial charge in [0.05, 0.1) is 0 Å². The fourth-order valence-electron chi connectivity index (χ4n) is 2.71. The van der Waals surface area contributed by atoms with Gasteiger partial charge < -0.3 is 4.74 Å². The first kappa shape index (κ1) is 30.3. The molecular formula is C16H22Cl6F6O. The smallest absolute Gasteiger partial charge is 0.309 e. The molecule has 176 valence electrons. The second-order valence-corrected chi connectivity index (χ2v) is 10.8. The topological polar surface area (TPSA) is 9.23 Å². The summed E-state index contributed by atoms with van der Waals surface area (Å²) in [5, 5.41) is -1.64. The van der Waals surface area contributed by atoms with Crippen molar-refractivity contribution in [1.82, 2.24) is 0 Å². The summed E-state index contributed by atoms with van der Waals surface area (Å²) in [4.78, 5) is 0. The number of rotatable bonds is 12. The van der Waals surface area contributed by atoms with Crippen LogP contribution in [0.15, 0.2) is 0 Å². The van der Waals surface area contributed by atoms with Gasteiger partial charge in [-0.25, -0.2) is 0 Å². The van der Waals surface area contributed by atoms with Gasteiger partial charge >= 0.3 is 12.4 Å². The molecule has 0 aliphatic heterocycles. The van der Waals surface area contributed by atoms with Crippen molar-refractivity contribution in [1.29, 1.82) is 0 Å². The van der Waals surface area contributed by atoms with E-state index >= 15 is 0 Å². The van der Waals surface area contributed by atoms with Gasteiger partial charge in [0.2, 0.25) is 9.04 Å². The first-order valence-electron chi connectivity index (χ1n) is 8.66. The average Bonchev–Trinajstić information content (AvgIpc) is 2.43. The van der Waals surface area contributed by atoms with Crippen LogP contribution < -0.4 is 0 Å². The zero-order valence-corrected chi connectivity index (χ0v) is 20.0. The minimum atomic E-state index is -4.37. The molecule has 0 saturated carbocycles. The van der Waals surface area contributed by atoms with Crippen molar-refractivity contribution in [2.24, 2.45) is 11.8 Å². The van der Waals surface area contributed by atoms with Gasteiger partial charge in [-0.1, -0.05) is 46.4 Å². The Hall–Kier alpha value is 1.28. The second-order valence-electron chi connectivity index (χ2n) is 6.81. The van der Waals surface area contributed by atoms with Crippen LogP contribution >= 0.6 is 69.6 Å².